The van der Waals surface area contributed by atoms with Crippen LogP contribution in [0.1, 0.15) is 11.1 Å². The van der Waals surface area contributed by atoms with Gasteiger partial charge in [0.2, 0.25) is 0 Å². The van der Waals surface area contributed by atoms with Gasteiger partial charge in [0.05, 0.1) is 10.8 Å². The minimum absolute atomic E-state index is 0.385. The molecule has 0 atom stereocenters. The predicted molar refractivity (Wildman–Crippen MR) is 94.1 cm³/mol. The van der Waals surface area contributed by atoms with Crippen molar-refractivity contribution in [2.45, 2.75) is 10.8 Å². The van der Waals surface area contributed by atoms with Crippen LogP contribution in [0.2, 0.25) is 0 Å². The van der Waals surface area contributed by atoms with Crippen molar-refractivity contribution in [3.63, 3.8) is 0 Å². The van der Waals surface area contributed by atoms with E-state index in [1.165, 1.54) is 11.1 Å². The number of benzene rings is 2. The number of Topliss-reactive ketones (excluding diaryl/α,β-unsaturated/α-hetero) is 1. The molecule has 0 aliphatic carbocycles. The molecule has 2 aromatic carbocycles. The highest BCUT2D eigenvalue weighted by molar-refractivity contribution is 6.01. The van der Waals surface area contributed by atoms with Crippen molar-refractivity contribution in [2.75, 3.05) is 39.3 Å². The van der Waals surface area contributed by atoms with Crippen LogP contribution in [0.25, 0.3) is 0 Å². The normalized spacial score (nSPS) is 37.4. The van der Waals surface area contributed by atoms with Gasteiger partial charge in [-0.2, -0.15) is 0 Å². The fourth-order valence-electron chi connectivity index (χ4n) is 5.22. The summed E-state index contributed by atoms with van der Waals surface area (Å²) in [6, 6.07) is 20.9. The van der Waals surface area contributed by atoms with Crippen LogP contribution in [-0.4, -0.2) is 54.9 Å². The number of nitrogens with zero attached hydrogens (tertiary/aromatic N) is 2. The highest BCUT2D eigenvalue weighted by Crippen LogP contribution is 2.47. The topological polar surface area (TPSA) is 23.6 Å². The molecule has 0 aromatic heterocycles. The molecule has 4 saturated heterocycles. The predicted octanol–water partition coefficient (Wildman–Crippen LogP) is 2.08. The Hall–Kier alpha value is -1.97. The van der Waals surface area contributed by atoms with Gasteiger partial charge in [-0.25, -0.2) is 0 Å². The van der Waals surface area contributed by atoms with Gasteiger partial charge in [-0.1, -0.05) is 60.7 Å². The van der Waals surface area contributed by atoms with E-state index >= 15 is 0 Å². The van der Waals surface area contributed by atoms with E-state index in [1.54, 1.807) is 0 Å². The fourth-order valence-corrected chi connectivity index (χ4v) is 5.22. The van der Waals surface area contributed by atoms with E-state index in [-0.39, 0.29) is 10.8 Å². The molecule has 24 heavy (non-hydrogen) atoms. The average Bonchev–Trinajstić information content (AvgIpc) is 2.88. The van der Waals surface area contributed by atoms with Gasteiger partial charge in [0.15, 0.2) is 5.78 Å². The Kier molecular flexibility index (Phi) is 3.00. The van der Waals surface area contributed by atoms with E-state index < -0.39 is 0 Å². The molecule has 0 amide bonds. The maximum atomic E-state index is 13.9. The van der Waals surface area contributed by atoms with Crippen molar-refractivity contribution in [1.29, 1.82) is 0 Å². The summed E-state index contributed by atoms with van der Waals surface area (Å²) in [7, 11) is 0. The number of hydrogen-bond acceptors (Lipinski definition) is 3. The van der Waals surface area contributed by atoms with E-state index in [1.807, 2.05) is 12.1 Å². The summed E-state index contributed by atoms with van der Waals surface area (Å²) in [6.07, 6.45) is 0. The maximum Gasteiger partial charge on any atom is 0.159 e. The third kappa shape index (κ3) is 1.83. The highest BCUT2D eigenvalue weighted by atomic mass is 16.1. The molecular formula is C21H22N2O. The van der Waals surface area contributed by atoms with Gasteiger partial charge in [-0.05, 0) is 11.1 Å². The smallest absolute Gasteiger partial charge is 0.159 e. The molecule has 3 nitrogen and oxygen atoms in total. The van der Waals surface area contributed by atoms with Crippen LogP contribution in [0.3, 0.4) is 0 Å². The lowest BCUT2D eigenvalue weighted by Crippen LogP contribution is -2.71. The Morgan fingerprint density at radius 2 is 1.00 bits per heavy atom. The Balaban J connectivity index is 1.73. The summed E-state index contributed by atoms with van der Waals surface area (Å²) in [5, 5.41) is 0. The summed E-state index contributed by atoms with van der Waals surface area (Å²) in [4.78, 5) is 19.0. The third-order valence-electron chi connectivity index (χ3n) is 6.23. The van der Waals surface area contributed by atoms with Gasteiger partial charge in [0.1, 0.15) is 0 Å². The molecule has 0 saturated carbocycles. The zero-order valence-electron chi connectivity index (χ0n) is 13.8. The van der Waals surface area contributed by atoms with E-state index in [0.29, 0.717) is 5.78 Å². The summed E-state index contributed by atoms with van der Waals surface area (Å²) < 4.78 is 0. The first-order valence-electron chi connectivity index (χ1n) is 8.84. The van der Waals surface area contributed by atoms with Crippen molar-refractivity contribution < 1.29 is 4.79 Å². The quantitative estimate of drug-likeness (QED) is 0.847. The molecule has 0 radical (unpaired) electrons. The number of ketones is 1. The number of carbonyl (C=O) groups excluding carboxylic acids is 1. The second-order valence-electron chi connectivity index (χ2n) is 7.65. The third-order valence-corrected chi connectivity index (χ3v) is 6.23. The van der Waals surface area contributed by atoms with Gasteiger partial charge in [-0.3, -0.25) is 14.6 Å². The van der Waals surface area contributed by atoms with E-state index in [2.05, 4.69) is 58.3 Å². The van der Waals surface area contributed by atoms with Gasteiger partial charge in [0.25, 0.3) is 0 Å². The molecule has 0 N–H and O–H groups in total. The minimum Gasteiger partial charge on any atom is -0.299 e. The summed E-state index contributed by atoms with van der Waals surface area (Å²) in [5.74, 6) is 0.432. The Labute approximate surface area is 142 Å². The molecule has 4 bridgehead atoms. The molecule has 0 spiro atoms. The lowest BCUT2D eigenvalue weighted by Gasteiger charge is -2.55. The Morgan fingerprint density at radius 3 is 1.38 bits per heavy atom. The van der Waals surface area contributed by atoms with E-state index in [4.69, 9.17) is 0 Å². The lowest BCUT2D eigenvalue weighted by atomic mass is 9.58. The Bertz CT molecular complexity index is 693. The first-order chi connectivity index (χ1) is 11.7. The monoisotopic (exact) mass is 318 g/mol. The number of hydrogen-bond donors (Lipinski definition) is 0. The molecular weight excluding hydrogens is 296 g/mol. The fraction of sp³-hybridized carbons (Fsp3) is 0.381. The zero-order chi connectivity index (χ0) is 16.2. The Morgan fingerprint density at radius 1 is 0.625 bits per heavy atom. The first-order valence-corrected chi connectivity index (χ1v) is 8.84. The minimum atomic E-state index is -0.385. The van der Waals surface area contributed by atoms with Crippen LogP contribution in [0, 0.1) is 0 Å². The first kappa shape index (κ1) is 14.4. The number of carbonyl (C=O) groups is 1. The summed E-state index contributed by atoms with van der Waals surface area (Å²) in [5.41, 5.74) is 1.60. The number of piperidine rings is 2. The molecule has 4 aliphatic rings. The molecule has 2 aromatic rings. The lowest BCUT2D eigenvalue weighted by molar-refractivity contribution is -0.140. The van der Waals surface area contributed by atoms with Crippen LogP contribution in [-0.2, 0) is 15.6 Å². The van der Waals surface area contributed by atoms with Gasteiger partial charge >= 0.3 is 0 Å². The van der Waals surface area contributed by atoms with Crippen molar-refractivity contribution in [3.05, 3.63) is 71.8 Å². The molecule has 4 fully saturated rings. The van der Waals surface area contributed by atoms with Gasteiger partial charge in [-0.15, -0.1) is 0 Å². The second kappa shape index (κ2) is 5.01. The van der Waals surface area contributed by atoms with Crippen LogP contribution >= 0.6 is 0 Å². The number of rotatable bonds is 2. The largest absolute Gasteiger partial charge is 0.299 e. The highest BCUT2D eigenvalue weighted by Gasteiger charge is 2.62. The second-order valence-corrected chi connectivity index (χ2v) is 7.65. The van der Waals surface area contributed by atoms with Crippen LogP contribution < -0.4 is 0 Å². The van der Waals surface area contributed by atoms with Gasteiger partial charge in [0, 0.05) is 39.3 Å². The molecule has 3 heteroatoms. The molecule has 6 rings (SSSR count). The molecule has 4 heterocycles. The van der Waals surface area contributed by atoms with Crippen molar-refractivity contribution >= 4 is 5.78 Å². The van der Waals surface area contributed by atoms with Crippen LogP contribution in [0.15, 0.2) is 60.7 Å². The van der Waals surface area contributed by atoms with Crippen molar-refractivity contribution in [2.24, 2.45) is 0 Å². The van der Waals surface area contributed by atoms with E-state index in [0.717, 1.165) is 39.3 Å². The van der Waals surface area contributed by atoms with Gasteiger partial charge < -0.3 is 0 Å². The maximum absolute atomic E-state index is 13.9. The van der Waals surface area contributed by atoms with Crippen molar-refractivity contribution in [3.8, 4) is 0 Å². The zero-order valence-corrected chi connectivity index (χ0v) is 13.8. The standard InChI is InChI=1S/C21H22N2O/c24-19-20(17-7-3-1-4-8-17)13-22-11-12-23(14-20)16-21(19,15-22)18-9-5-2-6-10-18/h1-10H,11-16H2. The SMILES string of the molecule is O=C1C2(c3ccccc3)CN3CCN(C2)CC1(c1ccccc1)C3. The van der Waals surface area contributed by atoms with E-state index in [9.17, 15) is 4.79 Å². The van der Waals surface area contributed by atoms with Crippen LogP contribution in [0.4, 0.5) is 0 Å². The average molecular weight is 318 g/mol. The summed E-state index contributed by atoms with van der Waals surface area (Å²) >= 11 is 0. The number of fused-ring (bicyclic) bond motifs is 1. The molecule has 4 aliphatic heterocycles. The molecule has 122 valence electrons. The molecule has 0 unspecified atom stereocenters. The summed E-state index contributed by atoms with van der Waals surface area (Å²) in [6.45, 7) is 5.58. The van der Waals surface area contributed by atoms with Crippen LogP contribution in [0.5, 0.6) is 0 Å². The van der Waals surface area contributed by atoms with Crippen molar-refractivity contribution in [1.82, 2.24) is 9.80 Å².